The van der Waals surface area contributed by atoms with Gasteiger partial charge in [-0.25, -0.2) is 0 Å². The van der Waals surface area contributed by atoms with E-state index < -0.39 is 28.8 Å². The van der Waals surface area contributed by atoms with Crippen LogP contribution >= 0.6 is 12.0 Å². The summed E-state index contributed by atoms with van der Waals surface area (Å²) in [6.45, 7) is 1.77. The van der Waals surface area contributed by atoms with Crippen LogP contribution < -0.4 is 0 Å². The molecule has 0 unspecified atom stereocenters. The van der Waals surface area contributed by atoms with Crippen molar-refractivity contribution in [3.05, 3.63) is 0 Å². The molecule has 0 aliphatic rings. The minimum Gasteiger partial charge on any atom is -0.391 e. The normalized spacial score (nSPS) is 10.8. The van der Waals surface area contributed by atoms with E-state index in [0.717, 1.165) is 12.0 Å². The van der Waals surface area contributed by atoms with Crippen LogP contribution in [0.5, 0.6) is 0 Å². The predicted molar refractivity (Wildman–Crippen MR) is 51.1 cm³/mol. The molecule has 0 rings (SSSR count). The third kappa shape index (κ3) is 9.50. The Morgan fingerprint density at radius 3 is 2.27 bits per heavy atom. The summed E-state index contributed by atoms with van der Waals surface area (Å²) in [4.78, 5) is 21.5. The Morgan fingerprint density at radius 1 is 1.27 bits per heavy atom. The van der Waals surface area contributed by atoms with Crippen molar-refractivity contribution in [3.63, 3.8) is 0 Å². The highest BCUT2D eigenvalue weighted by atomic mass is 32.3. The molecular formula is C6H10O7S2. The molecule has 0 fully saturated rings. The third-order valence-corrected chi connectivity index (χ3v) is 1.94. The molecule has 0 aromatic rings. The first-order valence-electron chi connectivity index (χ1n) is 3.87. The van der Waals surface area contributed by atoms with Gasteiger partial charge in [-0.1, -0.05) is 6.92 Å². The fraction of sp³-hybridized carbons (Fsp3) is 0.667. The molecule has 0 aromatic heterocycles. The van der Waals surface area contributed by atoms with E-state index >= 15 is 0 Å². The highest BCUT2D eigenvalue weighted by molar-refractivity contribution is 7.95. The second-order valence-electron chi connectivity index (χ2n) is 2.24. The van der Waals surface area contributed by atoms with Crippen LogP contribution in [0.3, 0.4) is 0 Å². The highest BCUT2D eigenvalue weighted by Gasteiger charge is 2.15. The van der Waals surface area contributed by atoms with Crippen LogP contribution in [0.25, 0.3) is 0 Å². The maximum absolute atomic E-state index is 10.8. The quantitative estimate of drug-likeness (QED) is 0.536. The molecule has 7 nitrogen and oxygen atoms in total. The third-order valence-electron chi connectivity index (χ3n) is 1.00. The lowest BCUT2D eigenvalue weighted by Gasteiger charge is -2.00. The van der Waals surface area contributed by atoms with Crippen LogP contribution in [0.1, 0.15) is 19.8 Å². The maximum Gasteiger partial charge on any atom is 0.448 e. The molecule has 0 saturated heterocycles. The van der Waals surface area contributed by atoms with Crippen LogP contribution in [-0.4, -0.2) is 30.7 Å². The largest absolute Gasteiger partial charge is 0.448 e. The van der Waals surface area contributed by atoms with E-state index in [2.05, 4.69) is 8.37 Å². The molecular weight excluding hydrogens is 248 g/mol. The van der Waals surface area contributed by atoms with E-state index in [1.165, 1.54) is 0 Å². The van der Waals surface area contributed by atoms with Crippen LogP contribution in [0.2, 0.25) is 0 Å². The minimum atomic E-state index is -4.80. The molecule has 0 amide bonds. The van der Waals surface area contributed by atoms with E-state index in [0.29, 0.717) is 5.75 Å². The molecule has 0 aliphatic heterocycles. The molecule has 0 spiro atoms. The van der Waals surface area contributed by atoms with Gasteiger partial charge in [-0.05, 0) is 0 Å². The first-order valence-corrected chi connectivity index (χ1v) is 6.14. The molecule has 0 heterocycles. The van der Waals surface area contributed by atoms with Crippen molar-refractivity contribution in [1.29, 1.82) is 0 Å². The molecule has 0 aliphatic carbocycles. The van der Waals surface area contributed by atoms with Crippen LogP contribution in [0.4, 0.5) is 0 Å². The van der Waals surface area contributed by atoms with Gasteiger partial charge in [0.05, 0.1) is 24.9 Å². The summed E-state index contributed by atoms with van der Waals surface area (Å²) >= 11 is 0.912. The lowest BCUT2D eigenvalue weighted by atomic mass is 10.3. The lowest BCUT2D eigenvalue weighted by Crippen LogP contribution is -2.13. The average Bonchev–Trinajstić information content (AvgIpc) is 2.08. The van der Waals surface area contributed by atoms with Crippen LogP contribution in [-0.2, 0) is 28.4 Å². The van der Waals surface area contributed by atoms with Gasteiger partial charge in [-0.2, -0.15) is 8.42 Å². The first kappa shape index (κ1) is 14.2. The highest BCUT2D eigenvalue weighted by Crippen LogP contribution is 2.05. The Hall–Kier alpha value is -0.800. The number of rotatable bonds is 6. The van der Waals surface area contributed by atoms with Gasteiger partial charge in [0, 0.05) is 5.75 Å². The van der Waals surface area contributed by atoms with Gasteiger partial charge in [0.15, 0.2) is 0 Å². The first-order chi connectivity index (χ1) is 6.85. The van der Waals surface area contributed by atoms with Crippen molar-refractivity contribution in [3.8, 4) is 0 Å². The molecule has 0 atom stereocenters. The summed E-state index contributed by atoms with van der Waals surface area (Å²) in [5, 5.41) is 0. The SMILES string of the molecule is CCSOC(=O)CCC(=O)OS(=O)(=O)O. The zero-order valence-electron chi connectivity index (χ0n) is 7.83. The second-order valence-corrected chi connectivity index (χ2v) is 4.25. The maximum atomic E-state index is 10.8. The van der Waals surface area contributed by atoms with E-state index in [1.807, 2.05) is 0 Å². The fourth-order valence-electron chi connectivity index (χ4n) is 0.530. The van der Waals surface area contributed by atoms with Crippen LogP contribution in [0, 0.1) is 0 Å². The van der Waals surface area contributed by atoms with Crippen molar-refractivity contribution >= 4 is 34.4 Å². The summed E-state index contributed by atoms with van der Waals surface area (Å²) in [6.07, 6.45) is -0.774. The zero-order chi connectivity index (χ0) is 11.9. The molecule has 0 radical (unpaired) electrons. The lowest BCUT2D eigenvalue weighted by molar-refractivity contribution is -0.140. The Balaban J connectivity index is 3.77. The molecule has 88 valence electrons. The number of hydrogen-bond donors (Lipinski definition) is 1. The molecule has 9 heteroatoms. The van der Waals surface area contributed by atoms with Crippen molar-refractivity contribution in [2.75, 3.05) is 5.75 Å². The molecule has 0 saturated carbocycles. The van der Waals surface area contributed by atoms with Gasteiger partial charge in [0.25, 0.3) is 0 Å². The number of hydrogen-bond acceptors (Lipinski definition) is 7. The van der Waals surface area contributed by atoms with Gasteiger partial charge in [-0.3, -0.25) is 14.1 Å². The van der Waals surface area contributed by atoms with Crippen LogP contribution in [0.15, 0.2) is 0 Å². The van der Waals surface area contributed by atoms with Gasteiger partial charge >= 0.3 is 22.3 Å². The second kappa shape index (κ2) is 6.64. The Kier molecular flexibility index (Phi) is 6.29. The summed E-state index contributed by atoms with van der Waals surface area (Å²) in [6, 6.07) is 0. The smallest absolute Gasteiger partial charge is 0.391 e. The summed E-state index contributed by atoms with van der Waals surface area (Å²) in [5.74, 6) is -1.30. The summed E-state index contributed by atoms with van der Waals surface area (Å²) in [5.41, 5.74) is 0. The monoisotopic (exact) mass is 258 g/mol. The van der Waals surface area contributed by atoms with Gasteiger partial charge in [-0.15, -0.1) is 0 Å². The van der Waals surface area contributed by atoms with E-state index in [1.54, 1.807) is 6.92 Å². The molecule has 15 heavy (non-hydrogen) atoms. The Bertz CT molecular complexity index is 320. The average molecular weight is 258 g/mol. The fourth-order valence-corrected chi connectivity index (χ4v) is 1.18. The topological polar surface area (TPSA) is 107 Å². The van der Waals surface area contributed by atoms with E-state index in [9.17, 15) is 18.0 Å². The van der Waals surface area contributed by atoms with Gasteiger partial charge < -0.3 is 8.37 Å². The molecule has 0 aromatic carbocycles. The number of carbonyl (C=O) groups excluding carboxylic acids is 2. The van der Waals surface area contributed by atoms with Crippen molar-refractivity contribution in [2.24, 2.45) is 0 Å². The zero-order valence-corrected chi connectivity index (χ0v) is 9.47. The van der Waals surface area contributed by atoms with Crippen molar-refractivity contribution < 1.29 is 30.9 Å². The van der Waals surface area contributed by atoms with E-state index in [-0.39, 0.29) is 6.42 Å². The molecule has 1 N–H and O–H groups in total. The van der Waals surface area contributed by atoms with Crippen molar-refractivity contribution in [1.82, 2.24) is 0 Å². The van der Waals surface area contributed by atoms with E-state index in [4.69, 9.17) is 4.55 Å². The molecule has 0 bridgehead atoms. The predicted octanol–water partition coefficient (Wildman–Crippen LogP) is 0.324. The summed E-state index contributed by atoms with van der Waals surface area (Å²) < 4.78 is 36.3. The standard InChI is InChI=1S/C6H10O7S2/c1-2-14-12-5(7)3-4-6(8)13-15(9,10)11/h2-4H2,1H3,(H,9,10,11). The summed E-state index contributed by atoms with van der Waals surface area (Å²) in [7, 11) is -4.80. The minimum absolute atomic E-state index is 0.304. The van der Waals surface area contributed by atoms with Gasteiger partial charge in [0.2, 0.25) is 0 Å². The number of carbonyl (C=O) groups is 2. The van der Waals surface area contributed by atoms with Gasteiger partial charge in [0.1, 0.15) is 0 Å². The Labute approximate surface area is 91.3 Å². The van der Waals surface area contributed by atoms with Crippen molar-refractivity contribution in [2.45, 2.75) is 19.8 Å². The Morgan fingerprint density at radius 2 is 1.80 bits per heavy atom.